The number of benzene rings is 1. The monoisotopic (exact) mass is 290 g/mol. The van der Waals surface area contributed by atoms with Gasteiger partial charge in [0.1, 0.15) is 11.5 Å². The molecule has 0 fully saturated rings. The summed E-state index contributed by atoms with van der Waals surface area (Å²) >= 11 is -1.22. The summed E-state index contributed by atoms with van der Waals surface area (Å²) in [6.07, 6.45) is 1.64. The predicted molar refractivity (Wildman–Crippen MR) is 81.2 cm³/mol. The van der Waals surface area contributed by atoms with E-state index < -0.39 is 11.2 Å². The van der Waals surface area contributed by atoms with E-state index in [0.29, 0.717) is 16.5 Å². The third kappa shape index (κ3) is 2.89. The summed E-state index contributed by atoms with van der Waals surface area (Å²) in [7, 11) is 1.63. The van der Waals surface area contributed by atoms with E-state index in [1.807, 2.05) is 26.0 Å². The van der Waals surface area contributed by atoms with Crippen LogP contribution in [0.1, 0.15) is 16.7 Å². The molecule has 0 aliphatic carbocycles. The molecule has 0 spiro atoms. The molecule has 0 saturated heterocycles. The van der Waals surface area contributed by atoms with E-state index >= 15 is 0 Å². The molecule has 106 valence electrons. The maximum Gasteiger partial charge on any atom is 0.244 e. The van der Waals surface area contributed by atoms with E-state index in [-0.39, 0.29) is 0 Å². The molecule has 1 aromatic heterocycles. The number of hydrogen-bond donors (Lipinski definition) is 1. The van der Waals surface area contributed by atoms with Crippen molar-refractivity contribution in [2.45, 2.75) is 24.6 Å². The second-order valence-corrected chi connectivity index (χ2v) is 5.98. The Kier molecular flexibility index (Phi) is 4.52. The molecule has 1 unspecified atom stereocenters. The van der Waals surface area contributed by atoms with Gasteiger partial charge >= 0.3 is 0 Å². The van der Waals surface area contributed by atoms with E-state index in [1.165, 1.54) is 0 Å². The summed E-state index contributed by atoms with van der Waals surface area (Å²) in [6.45, 7) is 3.88. The molecule has 0 amide bonds. The first-order valence-electron chi connectivity index (χ1n) is 6.26. The Labute approximate surface area is 122 Å². The van der Waals surface area contributed by atoms with Crippen molar-refractivity contribution < 1.29 is 9.29 Å². The van der Waals surface area contributed by atoms with Crippen LogP contribution in [0.2, 0.25) is 0 Å². The molecule has 2 N–H and O–H groups in total. The zero-order valence-electron chi connectivity index (χ0n) is 11.8. The van der Waals surface area contributed by atoms with Gasteiger partial charge in [0.2, 0.25) is 5.03 Å². The van der Waals surface area contributed by atoms with Crippen LogP contribution in [-0.4, -0.2) is 16.6 Å². The van der Waals surface area contributed by atoms with Crippen LogP contribution >= 0.6 is 0 Å². The van der Waals surface area contributed by atoms with Gasteiger partial charge in [0.25, 0.3) is 0 Å². The highest BCUT2D eigenvalue weighted by atomic mass is 32.2. The van der Waals surface area contributed by atoms with Crippen molar-refractivity contribution >= 4 is 16.9 Å². The molecule has 0 aliphatic heterocycles. The van der Waals surface area contributed by atoms with Crippen molar-refractivity contribution in [1.29, 1.82) is 0 Å². The fourth-order valence-corrected chi connectivity index (χ4v) is 3.43. The first-order chi connectivity index (χ1) is 9.54. The van der Waals surface area contributed by atoms with Crippen LogP contribution in [-0.2, 0) is 16.9 Å². The summed E-state index contributed by atoms with van der Waals surface area (Å²) in [6, 6.07) is 7.24. The Balaban J connectivity index is 2.34. The van der Waals surface area contributed by atoms with Gasteiger partial charge in [-0.1, -0.05) is 6.07 Å². The molecule has 0 aliphatic rings. The standard InChI is InChI=1S/C15H18N2O2S/c1-10-8-13(16)12(11(2)15(10)19-3)9-20(18)14-6-4-5-7-17-14/h4-8H,9,16H2,1-3H3. The molecular formula is C15H18N2O2S. The van der Waals surface area contributed by atoms with Crippen molar-refractivity contribution in [3.05, 3.63) is 47.2 Å². The maximum atomic E-state index is 12.4. The van der Waals surface area contributed by atoms with Crippen molar-refractivity contribution in [3.8, 4) is 5.75 Å². The smallest absolute Gasteiger partial charge is 0.244 e. The molecular weight excluding hydrogens is 272 g/mol. The molecule has 1 atom stereocenters. The Hall–Kier alpha value is -1.72. The lowest BCUT2D eigenvalue weighted by molar-refractivity contribution is 0.408. The van der Waals surface area contributed by atoms with Crippen molar-refractivity contribution in [2.75, 3.05) is 12.8 Å². The third-order valence-electron chi connectivity index (χ3n) is 3.22. The lowest BCUT2D eigenvalue weighted by Crippen LogP contribution is -2.11. The molecule has 4 nitrogen and oxygen atoms in total. The fraction of sp³-hybridized carbons (Fsp3) is 0.267. The SMILES string of the molecule is COc1c(C)cc(N)c(C[S+]([O-])c2ccccn2)c1C. The number of methoxy groups -OCH3 is 1. The van der Waals surface area contributed by atoms with E-state index in [1.54, 1.807) is 25.4 Å². The topological polar surface area (TPSA) is 71.2 Å². The number of aromatic nitrogens is 1. The highest BCUT2D eigenvalue weighted by Crippen LogP contribution is 2.32. The minimum atomic E-state index is -1.22. The van der Waals surface area contributed by atoms with E-state index in [0.717, 1.165) is 22.4 Å². The number of nitrogens with two attached hydrogens (primary N) is 1. The van der Waals surface area contributed by atoms with Crippen LogP contribution in [0.3, 0.4) is 0 Å². The average molecular weight is 290 g/mol. The molecule has 0 radical (unpaired) electrons. The number of rotatable bonds is 4. The van der Waals surface area contributed by atoms with Gasteiger partial charge < -0.3 is 15.0 Å². The minimum absolute atomic E-state index is 0.339. The normalized spacial score (nSPS) is 12.2. The number of pyridine rings is 1. The number of nitrogen functional groups attached to an aromatic ring is 1. The number of ether oxygens (including phenoxy) is 1. The van der Waals surface area contributed by atoms with Crippen LogP contribution in [0.15, 0.2) is 35.5 Å². The van der Waals surface area contributed by atoms with Crippen molar-refractivity contribution in [3.63, 3.8) is 0 Å². The third-order valence-corrected chi connectivity index (χ3v) is 4.48. The van der Waals surface area contributed by atoms with E-state index in [4.69, 9.17) is 10.5 Å². The summed E-state index contributed by atoms with van der Waals surface area (Å²) < 4.78 is 17.7. The van der Waals surface area contributed by atoms with Crippen LogP contribution in [0, 0.1) is 13.8 Å². The molecule has 0 saturated carbocycles. The summed E-state index contributed by atoms with van der Waals surface area (Å²) in [5.41, 5.74) is 9.48. The number of nitrogens with zero attached hydrogens (tertiary/aromatic N) is 1. The maximum absolute atomic E-state index is 12.4. The van der Waals surface area contributed by atoms with Gasteiger partial charge in [-0.15, -0.1) is 0 Å². The van der Waals surface area contributed by atoms with E-state index in [2.05, 4.69) is 4.98 Å². The Morgan fingerprint density at radius 3 is 2.70 bits per heavy atom. The van der Waals surface area contributed by atoms with Gasteiger partial charge in [-0.3, -0.25) is 0 Å². The average Bonchev–Trinajstić information content (AvgIpc) is 2.44. The molecule has 0 bridgehead atoms. The van der Waals surface area contributed by atoms with Crippen LogP contribution in [0.5, 0.6) is 5.75 Å². The predicted octanol–water partition coefficient (Wildman–Crippen LogP) is 2.60. The first kappa shape index (κ1) is 14.7. The Morgan fingerprint density at radius 1 is 1.35 bits per heavy atom. The van der Waals surface area contributed by atoms with Gasteiger partial charge in [0, 0.05) is 40.3 Å². The zero-order chi connectivity index (χ0) is 14.7. The second kappa shape index (κ2) is 6.15. The second-order valence-electron chi connectivity index (χ2n) is 4.58. The Bertz CT molecular complexity index is 603. The largest absolute Gasteiger partial charge is 0.610 e. The summed E-state index contributed by atoms with van der Waals surface area (Å²) in [4.78, 5) is 4.12. The van der Waals surface area contributed by atoms with Crippen molar-refractivity contribution in [2.24, 2.45) is 0 Å². The van der Waals surface area contributed by atoms with Gasteiger partial charge in [0.05, 0.1) is 7.11 Å². The quantitative estimate of drug-likeness (QED) is 0.694. The lowest BCUT2D eigenvalue weighted by Gasteiger charge is -2.17. The van der Waals surface area contributed by atoms with Gasteiger partial charge in [0.15, 0.2) is 0 Å². The minimum Gasteiger partial charge on any atom is -0.610 e. The molecule has 2 rings (SSSR count). The van der Waals surface area contributed by atoms with Crippen LogP contribution in [0.25, 0.3) is 0 Å². The first-order valence-corrected chi connectivity index (χ1v) is 7.58. The van der Waals surface area contributed by atoms with Gasteiger partial charge in [-0.05, 0) is 31.5 Å². The van der Waals surface area contributed by atoms with Crippen molar-refractivity contribution in [1.82, 2.24) is 4.98 Å². The molecule has 1 heterocycles. The number of aryl methyl sites for hydroxylation is 1. The summed E-state index contributed by atoms with van der Waals surface area (Å²) in [5, 5.41) is 0.561. The zero-order valence-corrected chi connectivity index (χ0v) is 12.7. The van der Waals surface area contributed by atoms with Gasteiger partial charge in [-0.2, -0.15) is 0 Å². The highest BCUT2D eigenvalue weighted by molar-refractivity contribution is 7.90. The fourth-order valence-electron chi connectivity index (χ4n) is 2.23. The Morgan fingerprint density at radius 2 is 2.10 bits per heavy atom. The number of anilines is 1. The van der Waals surface area contributed by atoms with Gasteiger partial charge in [-0.25, -0.2) is 4.98 Å². The molecule has 2 aromatic rings. The lowest BCUT2D eigenvalue weighted by atomic mass is 10.0. The molecule has 1 aromatic carbocycles. The number of hydrogen-bond acceptors (Lipinski definition) is 4. The van der Waals surface area contributed by atoms with Crippen LogP contribution < -0.4 is 10.5 Å². The highest BCUT2D eigenvalue weighted by Gasteiger charge is 2.19. The van der Waals surface area contributed by atoms with Crippen LogP contribution in [0.4, 0.5) is 5.69 Å². The summed E-state index contributed by atoms with van der Waals surface area (Å²) in [5.74, 6) is 1.14. The molecule has 5 heteroatoms. The van der Waals surface area contributed by atoms with E-state index in [9.17, 15) is 4.55 Å². The molecule has 20 heavy (non-hydrogen) atoms.